The van der Waals surface area contributed by atoms with E-state index in [0.717, 1.165) is 4.57 Å². The zero-order valence-corrected chi connectivity index (χ0v) is 16.3. The molecule has 0 spiro atoms. The lowest BCUT2D eigenvalue weighted by atomic mass is 10.1. The van der Waals surface area contributed by atoms with Crippen LogP contribution in [0.4, 0.5) is 5.82 Å². The van der Waals surface area contributed by atoms with Crippen LogP contribution in [-0.4, -0.2) is 32.9 Å². The van der Waals surface area contributed by atoms with Crippen LogP contribution in [-0.2, 0) is 20.1 Å². The Labute approximate surface area is 162 Å². The van der Waals surface area contributed by atoms with Crippen molar-refractivity contribution < 1.29 is 9.21 Å². The van der Waals surface area contributed by atoms with E-state index < -0.39 is 17.0 Å². The zero-order valence-electron chi connectivity index (χ0n) is 16.3. The summed E-state index contributed by atoms with van der Waals surface area (Å²) in [5.41, 5.74) is 4.58. The van der Waals surface area contributed by atoms with Crippen LogP contribution in [0.3, 0.4) is 0 Å². The lowest BCUT2D eigenvalue weighted by molar-refractivity contribution is 0.0920. The second-order valence-electron chi connectivity index (χ2n) is 7.03. The number of Topliss-reactive ketones (excluding diaryl/α,β-unsaturated/α-hetero) is 1. The SMILES string of the molecule is CC(C)Cn1c(N)c(C(=O)CN(CCC#N)Cc2ccco2)c(=O)n(C)c1=O. The smallest absolute Gasteiger partial charge is 0.332 e. The van der Waals surface area contributed by atoms with Crippen LogP contribution in [0.25, 0.3) is 0 Å². The van der Waals surface area contributed by atoms with Crippen molar-refractivity contribution in [3.8, 4) is 6.07 Å². The quantitative estimate of drug-likeness (QED) is 0.635. The summed E-state index contributed by atoms with van der Waals surface area (Å²) in [6.07, 6.45) is 1.74. The van der Waals surface area contributed by atoms with Crippen LogP contribution in [0.15, 0.2) is 32.4 Å². The largest absolute Gasteiger partial charge is 0.468 e. The maximum Gasteiger partial charge on any atom is 0.332 e. The molecular weight excluding hydrogens is 362 g/mol. The summed E-state index contributed by atoms with van der Waals surface area (Å²) in [6.45, 7) is 4.63. The molecule has 0 saturated carbocycles. The van der Waals surface area contributed by atoms with Crippen LogP contribution in [0, 0.1) is 17.2 Å². The minimum atomic E-state index is -0.717. The van der Waals surface area contributed by atoms with Gasteiger partial charge in [-0.15, -0.1) is 0 Å². The van der Waals surface area contributed by atoms with E-state index in [-0.39, 0.29) is 30.3 Å². The molecule has 2 rings (SSSR count). The van der Waals surface area contributed by atoms with Gasteiger partial charge in [-0.2, -0.15) is 5.26 Å². The third kappa shape index (κ3) is 4.78. The molecule has 9 nitrogen and oxygen atoms in total. The van der Waals surface area contributed by atoms with Gasteiger partial charge in [0, 0.05) is 26.6 Å². The summed E-state index contributed by atoms with van der Waals surface area (Å²) in [5, 5.41) is 8.87. The molecule has 0 aliphatic heterocycles. The zero-order chi connectivity index (χ0) is 20.8. The predicted molar refractivity (Wildman–Crippen MR) is 104 cm³/mol. The highest BCUT2D eigenvalue weighted by atomic mass is 16.3. The molecular formula is C19H25N5O4. The second kappa shape index (κ2) is 9.19. The van der Waals surface area contributed by atoms with Crippen LogP contribution in [0.2, 0.25) is 0 Å². The Morgan fingerprint density at radius 2 is 2.11 bits per heavy atom. The number of furan rings is 1. The van der Waals surface area contributed by atoms with Crippen molar-refractivity contribution in [1.82, 2.24) is 14.0 Å². The normalized spacial score (nSPS) is 11.1. The number of nitrogens with two attached hydrogens (primary N) is 1. The first kappa shape index (κ1) is 21.2. The molecule has 0 atom stereocenters. The third-order valence-electron chi connectivity index (χ3n) is 4.28. The Bertz CT molecular complexity index is 979. The summed E-state index contributed by atoms with van der Waals surface area (Å²) >= 11 is 0. The topological polar surface area (TPSA) is 127 Å². The molecule has 9 heteroatoms. The molecule has 2 aromatic heterocycles. The molecule has 0 aliphatic rings. The number of carbonyl (C=O) groups excluding carboxylic acids is 1. The molecule has 2 heterocycles. The van der Waals surface area contributed by atoms with Crippen molar-refractivity contribution in [2.45, 2.75) is 33.4 Å². The molecule has 2 aromatic rings. The average Bonchev–Trinajstić information content (AvgIpc) is 3.14. The van der Waals surface area contributed by atoms with E-state index in [2.05, 4.69) is 0 Å². The fraction of sp³-hybridized carbons (Fsp3) is 0.474. The van der Waals surface area contributed by atoms with E-state index in [1.165, 1.54) is 17.9 Å². The molecule has 0 amide bonds. The molecule has 150 valence electrons. The van der Waals surface area contributed by atoms with Gasteiger partial charge < -0.3 is 10.2 Å². The minimum Gasteiger partial charge on any atom is -0.468 e. The number of nitrogens with zero attached hydrogens (tertiary/aromatic N) is 4. The fourth-order valence-corrected chi connectivity index (χ4v) is 2.91. The summed E-state index contributed by atoms with van der Waals surface area (Å²) in [4.78, 5) is 39.6. The monoisotopic (exact) mass is 387 g/mol. The van der Waals surface area contributed by atoms with Gasteiger partial charge in [0.1, 0.15) is 17.1 Å². The van der Waals surface area contributed by atoms with Crippen LogP contribution in [0.1, 0.15) is 36.4 Å². The van der Waals surface area contributed by atoms with Crippen molar-refractivity contribution in [2.75, 3.05) is 18.8 Å². The van der Waals surface area contributed by atoms with Crippen molar-refractivity contribution in [3.63, 3.8) is 0 Å². The number of nitrogen functional groups attached to an aromatic ring is 1. The van der Waals surface area contributed by atoms with Crippen molar-refractivity contribution in [1.29, 1.82) is 5.26 Å². The van der Waals surface area contributed by atoms with E-state index >= 15 is 0 Å². The maximum absolute atomic E-state index is 12.9. The lowest BCUT2D eigenvalue weighted by Crippen LogP contribution is -2.44. The molecule has 0 unspecified atom stereocenters. The minimum absolute atomic E-state index is 0.103. The number of nitriles is 1. The van der Waals surface area contributed by atoms with Crippen LogP contribution < -0.4 is 17.0 Å². The second-order valence-corrected chi connectivity index (χ2v) is 7.03. The van der Waals surface area contributed by atoms with E-state index in [1.54, 1.807) is 17.0 Å². The Morgan fingerprint density at radius 1 is 1.39 bits per heavy atom. The standard InChI is InChI=1S/C19H25N5O4/c1-13(2)10-24-17(21)16(18(26)22(3)19(24)27)15(25)12-23(8-5-7-20)11-14-6-4-9-28-14/h4,6,9,13H,5,8,10-12,21H2,1-3H3. The highest BCUT2D eigenvalue weighted by Crippen LogP contribution is 2.11. The third-order valence-corrected chi connectivity index (χ3v) is 4.28. The van der Waals surface area contributed by atoms with Gasteiger partial charge in [-0.1, -0.05) is 13.8 Å². The van der Waals surface area contributed by atoms with Gasteiger partial charge >= 0.3 is 5.69 Å². The highest BCUT2D eigenvalue weighted by molar-refractivity contribution is 6.01. The molecule has 0 radical (unpaired) electrons. The number of aromatic nitrogens is 2. The molecule has 0 fully saturated rings. The lowest BCUT2D eigenvalue weighted by Gasteiger charge is -2.20. The van der Waals surface area contributed by atoms with E-state index in [1.807, 2.05) is 19.9 Å². The number of rotatable bonds is 9. The van der Waals surface area contributed by atoms with Gasteiger partial charge in [-0.05, 0) is 18.1 Å². The number of ketones is 1. The summed E-state index contributed by atoms with van der Waals surface area (Å²) in [7, 11) is 1.33. The molecule has 0 bridgehead atoms. The first-order valence-electron chi connectivity index (χ1n) is 9.00. The van der Waals surface area contributed by atoms with Gasteiger partial charge in [0.25, 0.3) is 5.56 Å². The average molecular weight is 387 g/mol. The Hall–Kier alpha value is -3.12. The van der Waals surface area contributed by atoms with Gasteiger partial charge in [0.15, 0.2) is 5.78 Å². The van der Waals surface area contributed by atoms with Crippen molar-refractivity contribution in [2.24, 2.45) is 13.0 Å². The maximum atomic E-state index is 12.9. The van der Waals surface area contributed by atoms with Crippen molar-refractivity contribution in [3.05, 3.63) is 50.6 Å². The summed E-state index contributed by atoms with van der Waals surface area (Å²) in [6, 6.07) is 5.54. The van der Waals surface area contributed by atoms with Gasteiger partial charge in [-0.3, -0.25) is 23.6 Å². The number of carbonyl (C=O) groups is 1. The molecule has 2 N–H and O–H groups in total. The Balaban J connectivity index is 2.38. The van der Waals surface area contributed by atoms with E-state index in [0.29, 0.717) is 25.4 Å². The molecule has 28 heavy (non-hydrogen) atoms. The van der Waals surface area contributed by atoms with Gasteiger partial charge in [-0.25, -0.2) is 4.79 Å². The number of hydrogen-bond acceptors (Lipinski definition) is 7. The van der Waals surface area contributed by atoms with Crippen LogP contribution in [0.5, 0.6) is 0 Å². The molecule has 0 aromatic carbocycles. The summed E-state index contributed by atoms with van der Waals surface area (Å²) < 4.78 is 7.46. The fourth-order valence-electron chi connectivity index (χ4n) is 2.91. The first-order chi connectivity index (χ1) is 13.3. The van der Waals surface area contributed by atoms with E-state index in [9.17, 15) is 14.4 Å². The van der Waals surface area contributed by atoms with Gasteiger partial charge in [0.2, 0.25) is 0 Å². The predicted octanol–water partition coefficient (Wildman–Crippen LogP) is 0.977. The van der Waals surface area contributed by atoms with E-state index in [4.69, 9.17) is 15.4 Å². The Kier molecular flexibility index (Phi) is 6.95. The van der Waals surface area contributed by atoms with Gasteiger partial charge in [0.05, 0.1) is 25.4 Å². The number of hydrogen-bond donors (Lipinski definition) is 1. The first-order valence-corrected chi connectivity index (χ1v) is 9.00. The molecule has 0 saturated heterocycles. The van der Waals surface area contributed by atoms with Crippen LogP contribution >= 0.6 is 0 Å². The summed E-state index contributed by atoms with van der Waals surface area (Å²) in [5.74, 6) is 0.119. The molecule has 0 aliphatic carbocycles. The number of anilines is 1. The highest BCUT2D eigenvalue weighted by Gasteiger charge is 2.24. The Morgan fingerprint density at radius 3 is 2.68 bits per heavy atom. The van der Waals surface area contributed by atoms with Crippen molar-refractivity contribution >= 4 is 11.6 Å².